The third-order valence-corrected chi connectivity index (χ3v) is 4.11. The average Bonchev–Trinajstić information content (AvgIpc) is 2.53. The normalized spacial score (nSPS) is 12.0. The van der Waals surface area contributed by atoms with Gasteiger partial charge in [0.2, 0.25) is 10.0 Å². The van der Waals surface area contributed by atoms with Gasteiger partial charge in [-0.25, -0.2) is 13.1 Å². The molecule has 1 rings (SSSR count). The van der Waals surface area contributed by atoms with Crippen LogP contribution in [0.2, 0.25) is 0 Å². The summed E-state index contributed by atoms with van der Waals surface area (Å²) in [5.74, 6) is 0. The van der Waals surface area contributed by atoms with Crippen molar-refractivity contribution < 1.29 is 8.42 Å². The van der Waals surface area contributed by atoms with E-state index in [1.165, 1.54) is 0 Å². The molecule has 0 radical (unpaired) electrons. The number of nitrogens with zero attached hydrogens (tertiary/aromatic N) is 2. The number of halogens is 1. The van der Waals surface area contributed by atoms with Gasteiger partial charge in [-0.05, 0) is 22.4 Å². The summed E-state index contributed by atoms with van der Waals surface area (Å²) >= 11 is 3.53. The predicted octanol–water partition coefficient (Wildman–Crippen LogP) is 0.384. The summed E-state index contributed by atoms with van der Waals surface area (Å²) in [6, 6.07) is 0. The number of aryl methyl sites for hydroxylation is 2. The Morgan fingerprint density at radius 3 is 2.56 bits per heavy atom. The highest BCUT2D eigenvalue weighted by atomic mass is 79.9. The van der Waals surface area contributed by atoms with Crippen LogP contribution in [-0.4, -0.2) is 37.5 Å². The summed E-state index contributed by atoms with van der Waals surface area (Å²) < 4.78 is 27.0. The molecule has 0 bridgehead atoms. The molecule has 0 spiro atoms. The molecular formula is C10H19BrN4O2S. The van der Waals surface area contributed by atoms with Gasteiger partial charge >= 0.3 is 0 Å². The molecule has 8 heteroatoms. The minimum Gasteiger partial charge on any atom is -0.310 e. The number of hydrogen-bond acceptors (Lipinski definition) is 4. The van der Waals surface area contributed by atoms with Crippen molar-refractivity contribution in [3.05, 3.63) is 15.9 Å². The standard InChI is InChI=1S/C10H19BrN4O2S/c1-4-8-10(11)9(15(2)14-8)7-12-5-6-13-18(3,16)17/h12-13H,4-7H2,1-3H3. The van der Waals surface area contributed by atoms with E-state index in [1.54, 1.807) is 0 Å². The van der Waals surface area contributed by atoms with Crippen molar-refractivity contribution in [2.75, 3.05) is 19.3 Å². The maximum atomic E-state index is 10.9. The van der Waals surface area contributed by atoms with E-state index < -0.39 is 10.0 Å². The van der Waals surface area contributed by atoms with Gasteiger partial charge in [-0.2, -0.15) is 5.10 Å². The highest BCUT2D eigenvalue weighted by Gasteiger charge is 2.11. The monoisotopic (exact) mass is 338 g/mol. The van der Waals surface area contributed by atoms with Crippen LogP contribution in [0.5, 0.6) is 0 Å². The van der Waals surface area contributed by atoms with Crippen LogP contribution in [0, 0.1) is 0 Å². The Balaban J connectivity index is 2.42. The zero-order chi connectivity index (χ0) is 13.8. The summed E-state index contributed by atoms with van der Waals surface area (Å²) in [6.07, 6.45) is 2.03. The van der Waals surface area contributed by atoms with Crippen LogP contribution in [0.4, 0.5) is 0 Å². The molecule has 0 amide bonds. The topological polar surface area (TPSA) is 76.0 Å². The van der Waals surface area contributed by atoms with Crippen molar-refractivity contribution in [3.8, 4) is 0 Å². The fraction of sp³-hybridized carbons (Fsp3) is 0.700. The molecule has 0 aliphatic heterocycles. The summed E-state index contributed by atoms with van der Waals surface area (Å²) in [4.78, 5) is 0. The van der Waals surface area contributed by atoms with E-state index in [2.05, 4.69) is 38.0 Å². The van der Waals surface area contributed by atoms with Crippen LogP contribution in [0.25, 0.3) is 0 Å². The fourth-order valence-electron chi connectivity index (χ4n) is 1.54. The van der Waals surface area contributed by atoms with Crippen molar-refractivity contribution in [1.29, 1.82) is 0 Å². The Morgan fingerprint density at radius 2 is 2.06 bits per heavy atom. The van der Waals surface area contributed by atoms with Crippen LogP contribution in [0.15, 0.2) is 4.47 Å². The third kappa shape index (κ3) is 4.68. The van der Waals surface area contributed by atoms with Crippen molar-refractivity contribution in [3.63, 3.8) is 0 Å². The van der Waals surface area contributed by atoms with Gasteiger partial charge in [0.05, 0.1) is 22.1 Å². The molecule has 0 saturated carbocycles. The molecule has 0 aromatic carbocycles. The van der Waals surface area contributed by atoms with Gasteiger partial charge in [-0.3, -0.25) is 4.68 Å². The van der Waals surface area contributed by atoms with E-state index in [0.29, 0.717) is 19.6 Å². The maximum absolute atomic E-state index is 10.9. The number of hydrogen-bond donors (Lipinski definition) is 2. The smallest absolute Gasteiger partial charge is 0.208 e. The first kappa shape index (κ1) is 15.6. The number of rotatable bonds is 7. The molecule has 104 valence electrons. The van der Waals surface area contributed by atoms with Crippen LogP contribution in [0.3, 0.4) is 0 Å². The highest BCUT2D eigenvalue weighted by Crippen LogP contribution is 2.21. The summed E-state index contributed by atoms with van der Waals surface area (Å²) in [6.45, 7) is 3.66. The Hall–Kier alpha value is -0.440. The molecule has 0 fully saturated rings. The molecule has 0 unspecified atom stereocenters. The van der Waals surface area contributed by atoms with Gasteiger partial charge in [0.25, 0.3) is 0 Å². The highest BCUT2D eigenvalue weighted by molar-refractivity contribution is 9.10. The van der Waals surface area contributed by atoms with E-state index in [9.17, 15) is 8.42 Å². The summed E-state index contributed by atoms with van der Waals surface area (Å²) in [7, 11) is -1.20. The second kappa shape index (κ2) is 6.65. The van der Waals surface area contributed by atoms with E-state index in [0.717, 1.165) is 28.5 Å². The minimum atomic E-state index is -3.10. The molecule has 18 heavy (non-hydrogen) atoms. The van der Waals surface area contributed by atoms with E-state index >= 15 is 0 Å². The SMILES string of the molecule is CCc1nn(C)c(CNCCNS(C)(=O)=O)c1Br. The molecule has 1 aromatic rings. The van der Waals surface area contributed by atoms with E-state index in [1.807, 2.05) is 11.7 Å². The molecule has 0 aliphatic carbocycles. The Kier molecular flexibility index (Phi) is 5.77. The van der Waals surface area contributed by atoms with Crippen LogP contribution >= 0.6 is 15.9 Å². The lowest BCUT2D eigenvalue weighted by Crippen LogP contribution is -2.31. The van der Waals surface area contributed by atoms with Crippen molar-refractivity contribution in [2.24, 2.45) is 7.05 Å². The van der Waals surface area contributed by atoms with Crippen molar-refractivity contribution >= 4 is 26.0 Å². The first-order chi connectivity index (χ1) is 8.35. The lowest BCUT2D eigenvalue weighted by Gasteiger charge is -2.06. The van der Waals surface area contributed by atoms with Crippen molar-refractivity contribution in [1.82, 2.24) is 19.8 Å². The minimum absolute atomic E-state index is 0.384. The van der Waals surface area contributed by atoms with Crippen LogP contribution in [-0.2, 0) is 30.0 Å². The molecular weight excluding hydrogens is 320 g/mol. The van der Waals surface area contributed by atoms with Crippen LogP contribution in [0.1, 0.15) is 18.3 Å². The van der Waals surface area contributed by atoms with E-state index in [-0.39, 0.29) is 0 Å². The van der Waals surface area contributed by atoms with Gasteiger partial charge in [0.1, 0.15) is 0 Å². The number of aromatic nitrogens is 2. The molecule has 1 heterocycles. The Morgan fingerprint density at radius 1 is 1.39 bits per heavy atom. The molecule has 0 aliphatic rings. The fourth-order valence-corrected chi connectivity index (χ4v) is 2.77. The largest absolute Gasteiger partial charge is 0.310 e. The maximum Gasteiger partial charge on any atom is 0.208 e. The Labute approximate surface area is 116 Å². The second-order valence-corrected chi connectivity index (χ2v) is 6.65. The van der Waals surface area contributed by atoms with Gasteiger partial charge in [-0.1, -0.05) is 6.92 Å². The second-order valence-electron chi connectivity index (χ2n) is 4.03. The van der Waals surface area contributed by atoms with Gasteiger partial charge in [0, 0.05) is 26.7 Å². The van der Waals surface area contributed by atoms with Gasteiger partial charge in [-0.15, -0.1) is 0 Å². The van der Waals surface area contributed by atoms with Gasteiger partial charge < -0.3 is 5.32 Å². The molecule has 1 aromatic heterocycles. The molecule has 2 N–H and O–H groups in total. The molecule has 6 nitrogen and oxygen atoms in total. The van der Waals surface area contributed by atoms with Gasteiger partial charge in [0.15, 0.2) is 0 Å². The predicted molar refractivity (Wildman–Crippen MR) is 74.8 cm³/mol. The lowest BCUT2D eigenvalue weighted by molar-refractivity contribution is 0.577. The summed E-state index contributed by atoms with van der Waals surface area (Å²) in [5, 5.41) is 7.56. The Bertz CT molecular complexity index is 498. The first-order valence-electron chi connectivity index (χ1n) is 5.70. The zero-order valence-electron chi connectivity index (χ0n) is 10.8. The average molecular weight is 339 g/mol. The lowest BCUT2D eigenvalue weighted by atomic mass is 10.3. The van der Waals surface area contributed by atoms with Crippen molar-refractivity contribution in [2.45, 2.75) is 19.9 Å². The summed E-state index contributed by atoms with van der Waals surface area (Å²) in [5.41, 5.74) is 2.09. The molecule has 0 atom stereocenters. The number of nitrogens with one attached hydrogen (secondary N) is 2. The number of sulfonamides is 1. The first-order valence-corrected chi connectivity index (χ1v) is 8.39. The van der Waals surface area contributed by atoms with Crippen LogP contribution < -0.4 is 10.0 Å². The quantitative estimate of drug-likeness (QED) is 0.705. The van der Waals surface area contributed by atoms with E-state index in [4.69, 9.17) is 0 Å². The third-order valence-electron chi connectivity index (χ3n) is 2.46. The zero-order valence-corrected chi connectivity index (χ0v) is 13.2. The molecule has 0 saturated heterocycles.